The summed E-state index contributed by atoms with van der Waals surface area (Å²) in [6.07, 6.45) is 6.20. The Morgan fingerprint density at radius 1 is 1.15 bits per heavy atom. The molecule has 2 aromatic carbocycles. The van der Waals surface area contributed by atoms with E-state index < -0.39 is 22.8 Å². The molecule has 1 aliphatic carbocycles. The molecule has 5 heterocycles. The van der Waals surface area contributed by atoms with Gasteiger partial charge in [0.15, 0.2) is 17.3 Å². The van der Waals surface area contributed by atoms with Crippen LogP contribution in [0.25, 0.3) is 21.8 Å². The van der Waals surface area contributed by atoms with Crippen molar-refractivity contribution >= 4 is 62.4 Å². The minimum atomic E-state index is -1.37. The van der Waals surface area contributed by atoms with Gasteiger partial charge < -0.3 is 39.6 Å². The van der Waals surface area contributed by atoms with Crippen LogP contribution in [0.3, 0.4) is 0 Å². The van der Waals surface area contributed by atoms with Crippen LogP contribution in [-0.4, -0.2) is 89.0 Å². The van der Waals surface area contributed by atoms with E-state index in [1.807, 2.05) is 28.0 Å². The zero-order chi connectivity index (χ0) is 37.1. The topological polar surface area (TPSA) is 199 Å². The average Bonchev–Trinajstić information content (AvgIpc) is 3.64. The van der Waals surface area contributed by atoms with Gasteiger partial charge in [-0.25, -0.2) is 13.9 Å². The molecule has 53 heavy (non-hydrogen) atoms. The van der Waals surface area contributed by atoms with Crippen molar-refractivity contribution in [2.45, 2.75) is 50.9 Å². The summed E-state index contributed by atoms with van der Waals surface area (Å²) in [5.41, 5.74) is 6.24. The fourth-order valence-corrected chi connectivity index (χ4v) is 7.95. The van der Waals surface area contributed by atoms with E-state index in [9.17, 15) is 24.6 Å². The first-order chi connectivity index (χ1) is 25.5. The number of piperidine rings is 1. The molecular formula is C35H35FN10O6S. The Morgan fingerprint density at radius 2 is 1.94 bits per heavy atom. The van der Waals surface area contributed by atoms with Crippen LogP contribution < -0.4 is 20.8 Å². The highest BCUT2D eigenvalue weighted by atomic mass is 32.1. The molecule has 1 amide bonds. The van der Waals surface area contributed by atoms with Gasteiger partial charge in [0.1, 0.15) is 23.5 Å². The summed E-state index contributed by atoms with van der Waals surface area (Å²) in [7, 11) is 1.41. The van der Waals surface area contributed by atoms with Crippen molar-refractivity contribution < 1.29 is 28.9 Å². The van der Waals surface area contributed by atoms with Crippen LogP contribution in [0.2, 0.25) is 0 Å². The molecule has 5 aromatic rings. The van der Waals surface area contributed by atoms with Crippen LogP contribution in [0.4, 0.5) is 15.8 Å². The number of methoxy groups -OCH3 is 1. The number of fused-ring (bicyclic) bond motifs is 3. The maximum Gasteiger partial charge on any atom is 0.341 e. The van der Waals surface area contributed by atoms with E-state index in [4.69, 9.17) is 22.7 Å². The number of carbonyl (C=O) groups excluding carboxylic acids is 1. The van der Waals surface area contributed by atoms with E-state index in [2.05, 4.69) is 20.5 Å². The van der Waals surface area contributed by atoms with Gasteiger partial charge in [0.25, 0.3) is 0 Å². The number of thiocarbonyl (C=S) groups is 1. The fourth-order valence-electron chi connectivity index (χ4n) is 7.91. The summed E-state index contributed by atoms with van der Waals surface area (Å²) >= 11 is 4.80. The third kappa shape index (κ3) is 6.01. The van der Waals surface area contributed by atoms with Crippen LogP contribution in [-0.2, 0) is 17.9 Å². The number of aromatic hydroxyl groups is 1. The number of nitrogens with zero attached hydrogens (tertiary/aromatic N) is 9. The molecule has 8 rings (SSSR count). The highest BCUT2D eigenvalue weighted by Gasteiger charge is 2.43. The number of pyridine rings is 1. The summed E-state index contributed by atoms with van der Waals surface area (Å²) in [6.45, 7) is 1.40. The summed E-state index contributed by atoms with van der Waals surface area (Å²) in [5.74, 6) is -2.14. The number of ether oxygens (including phenoxy) is 1. The normalized spacial score (nSPS) is 18.7. The van der Waals surface area contributed by atoms with Gasteiger partial charge in [0.2, 0.25) is 22.3 Å². The number of carbonyl (C=O) groups is 2. The Labute approximate surface area is 305 Å². The number of anilines is 1. The van der Waals surface area contributed by atoms with Crippen LogP contribution in [0, 0.1) is 11.7 Å². The Morgan fingerprint density at radius 3 is 2.68 bits per heavy atom. The van der Waals surface area contributed by atoms with Crippen molar-refractivity contribution in [1.29, 1.82) is 0 Å². The van der Waals surface area contributed by atoms with Crippen molar-refractivity contribution in [3.05, 3.63) is 70.0 Å². The summed E-state index contributed by atoms with van der Waals surface area (Å²) < 4.78 is 26.7. The number of benzene rings is 2. The fraction of sp³-hybridized carbons (Fsp3) is 0.371. The SMILES string of the molecule is COc1c(N2C[C@H]3CCCN(C(=O)Cn4cc(Cn5c(O)c(N=NC(N)=S)c6ccccc65)nn4)[C@H]3C2)c(F)cc2c(=O)c(C(=O)O)cn(C3CC3)c12. The van der Waals surface area contributed by atoms with Crippen LogP contribution >= 0.6 is 12.2 Å². The second kappa shape index (κ2) is 13.3. The highest BCUT2D eigenvalue weighted by molar-refractivity contribution is 7.80. The lowest BCUT2D eigenvalue weighted by atomic mass is 9.92. The maximum absolute atomic E-state index is 16.1. The van der Waals surface area contributed by atoms with Gasteiger partial charge in [-0.15, -0.1) is 15.3 Å². The molecule has 2 saturated heterocycles. The number of amides is 1. The molecule has 0 radical (unpaired) electrons. The van der Waals surface area contributed by atoms with Crippen LogP contribution in [0.1, 0.15) is 47.8 Å². The largest absolute Gasteiger partial charge is 0.493 e. The number of nitrogens with two attached hydrogens (primary N) is 1. The molecule has 0 bridgehead atoms. The number of halogens is 1. The third-order valence-corrected chi connectivity index (χ3v) is 10.4. The molecule has 3 aliphatic rings. The number of para-hydroxylation sites is 1. The second-order valence-corrected chi connectivity index (χ2v) is 14.1. The van der Waals surface area contributed by atoms with E-state index in [0.29, 0.717) is 41.7 Å². The van der Waals surface area contributed by atoms with Crippen molar-refractivity contribution in [3.63, 3.8) is 0 Å². The summed E-state index contributed by atoms with van der Waals surface area (Å²) in [4.78, 5) is 42.6. The zero-order valence-corrected chi connectivity index (χ0v) is 29.4. The van der Waals surface area contributed by atoms with Crippen molar-refractivity contribution in [2.75, 3.05) is 31.6 Å². The summed E-state index contributed by atoms with van der Waals surface area (Å²) in [5, 5.41) is 37.3. The third-order valence-electron chi connectivity index (χ3n) is 10.4. The number of likely N-dealkylation sites (tertiary alicyclic amines) is 1. The molecule has 274 valence electrons. The molecule has 0 spiro atoms. The zero-order valence-electron chi connectivity index (χ0n) is 28.6. The lowest BCUT2D eigenvalue weighted by molar-refractivity contribution is -0.136. The van der Waals surface area contributed by atoms with E-state index in [1.54, 1.807) is 21.4 Å². The molecule has 4 N–H and O–H groups in total. The van der Waals surface area contributed by atoms with Gasteiger partial charge >= 0.3 is 5.97 Å². The van der Waals surface area contributed by atoms with E-state index in [-0.39, 0.29) is 70.5 Å². The number of aromatic nitrogens is 5. The van der Waals surface area contributed by atoms with Crippen LogP contribution in [0.15, 0.2) is 57.7 Å². The number of azo groups is 1. The predicted molar refractivity (Wildman–Crippen MR) is 194 cm³/mol. The first-order valence-corrected chi connectivity index (χ1v) is 17.6. The molecule has 18 heteroatoms. The second-order valence-electron chi connectivity index (χ2n) is 13.6. The molecule has 2 aliphatic heterocycles. The van der Waals surface area contributed by atoms with Crippen molar-refractivity contribution in [2.24, 2.45) is 21.9 Å². The Hall–Kier alpha value is -5.91. The number of hydrogen-bond acceptors (Lipinski definition) is 10. The lowest BCUT2D eigenvalue weighted by Crippen LogP contribution is -2.49. The monoisotopic (exact) mass is 742 g/mol. The molecule has 1 saturated carbocycles. The molecule has 2 atom stereocenters. The number of hydrogen-bond donors (Lipinski definition) is 3. The van der Waals surface area contributed by atoms with Crippen molar-refractivity contribution in [1.82, 2.24) is 29.0 Å². The van der Waals surface area contributed by atoms with Crippen molar-refractivity contribution in [3.8, 4) is 11.6 Å². The molecular weight excluding hydrogens is 708 g/mol. The van der Waals surface area contributed by atoms with Gasteiger partial charge in [-0.3, -0.25) is 9.59 Å². The molecule has 3 aromatic heterocycles. The smallest absolute Gasteiger partial charge is 0.341 e. The molecule has 0 unspecified atom stereocenters. The Balaban J connectivity index is 1.03. The lowest BCUT2D eigenvalue weighted by Gasteiger charge is -2.36. The van der Waals surface area contributed by atoms with Crippen LogP contribution in [0.5, 0.6) is 11.6 Å². The number of carboxylic acids is 1. The Bertz CT molecular complexity index is 2420. The average molecular weight is 743 g/mol. The van der Waals surface area contributed by atoms with Gasteiger partial charge in [-0.2, -0.15) is 0 Å². The quantitative estimate of drug-likeness (QED) is 0.146. The van der Waals surface area contributed by atoms with Gasteiger partial charge in [-0.1, -0.05) is 23.4 Å². The minimum absolute atomic E-state index is 0.0204. The number of carboxylic acid groups (broad SMARTS) is 1. The molecule has 16 nitrogen and oxygen atoms in total. The maximum atomic E-state index is 16.1. The first-order valence-electron chi connectivity index (χ1n) is 17.2. The highest BCUT2D eigenvalue weighted by Crippen LogP contribution is 2.46. The van der Waals surface area contributed by atoms with E-state index in [0.717, 1.165) is 31.7 Å². The van der Waals surface area contributed by atoms with Gasteiger partial charge in [0, 0.05) is 37.3 Å². The number of rotatable bonds is 9. The van der Waals surface area contributed by atoms with E-state index >= 15 is 4.39 Å². The molecule has 3 fully saturated rings. The Kier molecular flexibility index (Phi) is 8.55. The predicted octanol–water partition coefficient (Wildman–Crippen LogP) is 3.94. The first kappa shape index (κ1) is 34.2. The number of aromatic carboxylic acids is 1. The van der Waals surface area contributed by atoms with Gasteiger partial charge in [0.05, 0.1) is 42.3 Å². The standard InChI is InChI=1S/C35H35FN10O6S/c1-52-32-29-22(31(48)23(34(50)51)15-45(29)20-8-9-20)11-24(36)30(32)42-12-18-5-4-10-44(26(18)16-42)27(47)17-43-13-19(38-41-43)14-46-25-7-3-2-6-21(25)28(33(46)49)39-40-35(37)53/h2-3,6-7,11,13,15,18,20,26,49H,4-5,8-10,12,14,16-17H2,1H3,(H2,37,53)(H,50,51)/t18-,26+/m1/s1. The summed E-state index contributed by atoms with van der Waals surface area (Å²) in [6, 6.07) is 8.13. The van der Waals surface area contributed by atoms with E-state index in [1.165, 1.54) is 18.0 Å². The van der Waals surface area contributed by atoms with Gasteiger partial charge in [-0.05, 0) is 56.0 Å². The minimum Gasteiger partial charge on any atom is -0.493 e.